The van der Waals surface area contributed by atoms with Crippen molar-refractivity contribution in [2.45, 2.75) is 20.8 Å². The van der Waals surface area contributed by atoms with Crippen molar-refractivity contribution >= 4 is 49.6 Å². The Kier molecular flexibility index (Phi) is 5.97. The SMILES string of the molecule is CCN(CC)CCOc1ccc2[nH]c(/C(C)=C3\C(=O)Nc4ccc(Br)cc43)cc2c1. The number of nitrogens with one attached hydrogen (secondary N) is 2. The molecule has 6 heteroatoms. The fourth-order valence-corrected chi connectivity index (χ4v) is 4.24. The van der Waals surface area contributed by atoms with Gasteiger partial charge in [0, 0.05) is 38.9 Å². The van der Waals surface area contributed by atoms with Crippen LogP contribution in [0, 0.1) is 0 Å². The molecule has 0 unspecified atom stereocenters. The summed E-state index contributed by atoms with van der Waals surface area (Å²) in [6, 6.07) is 14.0. The number of aromatic nitrogens is 1. The average molecular weight is 468 g/mol. The van der Waals surface area contributed by atoms with Crippen LogP contribution in [0.1, 0.15) is 32.0 Å². The molecule has 0 aliphatic carbocycles. The van der Waals surface area contributed by atoms with Gasteiger partial charge in [-0.3, -0.25) is 4.79 Å². The van der Waals surface area contributed by atoms with Gasteiger partial charge in [0.2, 0.25) is 0 Å². The number of ether oxygens (including phenoxy) is 1. The van der Waals surface area contributed by atoms with Gasteiger partial charge in [0.1, 0.15) is 12.4 Å². The van der Waals surface area contributed by atoms with Gasteiger partial charge >= 0.3 is 0 Å². The summed E-state index contributed by atoms with van der Waals surface area (Å²) >= 11 is 3.51. The molecule has 0 radical (unpaired) electrons. The minimum Gasteiger partial charge on any atom is -0.492 e. The number of likely N-dealkylation sites (N-methyl/N-ethyl adjacent to an activating group) is 1. The number of carbonyl (C=O) groups excluding carboxylic acids is 1. The number of amides is 1. The van der Waals surface area contributed by atoms with E-state index >= 15 is 0 Å². The van der Waals surface area contributed by atoms with Gasteiger partial charge in [-0.2, -0.15) is 0 Å². The molecule has 4 rings (SSSR count). The van der Waals surface area contributed by atoms with Crippen molar-refractivity contribution in [2.24, 2.45) is 0 Å². The lowest BCUT2D eigenvalue weighted by Gasteiger charge is -2.17. The normalized spacial score (nSPS) is 14.9. The highest BCUT2D eigenvalue weighted by atomic mass is 79.9. The minimum atomic E-state index is -0.0697. The summed E-state index contributed by atoms with van der Waals surface area (Å²) in [7, 11) is 0. The predicted octanol–water partition coefficient (Wildman–Crippen LogP) is 5.53. The summed E-state index contributed by atoms with van der Waals surface area (Å²) < 4.78 is 6.91. The van der Waals surface area contributed by atoms with E-state index in [-0.39, 0.29) is 5.91 Å². The van der Waals surface area contributed by atoms with E-state index < -0.39 is 0 Å². The van der Waals surface area contributed by atoms with Crippen molar-refractivity contribution in [3.8, 4) is 5.75 Å². The van der Waals surface area contributed by atoms with Crippen molar-refractivity contribution in [1.82, 2.24) is 9.88 Å². The number of halogens is 1. The van der Waals surface area contributed by atoms with E-state index in [0.717, 1.165) is 63.3 Å². The number of aromatic amines is 1. The lowest BCUT2D eigenvalue weighted by molar-refractivity contribution is -0.110. The fourth-order valence-electron chi connectivity index (χ4n) is 3.88. The lowest BCUT2D eigenvalue weighted by atomic mass is 10.00. The molecule has 2 aromatic carbocycles. The summed E-state index contributed by atoms with van der Waals surface area (Å²) in [5.74, 6) is 0.790. The standard InChI is InChI=1S/C24H26BrN3O2/c1-4-28(5-2)10-11-30-18-7-9-20-16(12-18)13-22(26-20)15(3)23-19-14-17(25)6-8-21(19)27-24(23)29/h6-9,12-14,26H,4-5,10-11H2,1-3H3,(H,27,29)/b23-15-. The third kappa shape index (κ3) is 4.02. The smallest absolute Gasteiger partial charge is 0.256 e. The number of H-pyrrole nitrogens is 1. The molecule has 2 heterocycles. The van der Waals surface area contributed by atoms with Crippen LogP contribution in [0.4, 0.5) is 5.69 Å². The number of benzene rings is 2. The van der Waals surface area contributed by atoms with Gasteiger partial charge in [-0.1, -0.05) is 29.8 Å². The second-order valence-corrected chi connectivity index (χ2v) is 8.37. The number of nitrogens with zero attached hydrogens (tertiary/aromatic N) is 1. The van der Waals surface area contributed by atoms with E-state index in [4.69, 9.17) is 4.74 Å². The van der Waals surface area contributed by atoms with E-state index in [0.29, 0.717) is 12.2 Å². The van der Waals surface area contributed by atoms with Crippen LogP contribution in [0.15, 0.2) is 46.9 Å². The Morgan fingerprint density at radius 3 is 2.67 bits per heavy atom. The van der Waals surface area contributed by atoms with Gasteiger partial charge < -0.3 is 19.9 Å². The lowest BCUT2D eigenvalue weighted by Crippen LogP contribution is -2.27. The molecule has 156 valence electrons. The Morgan fingerprint density at radius 1 is 1.10 bits per heavy atom. The summed E-state index contributed by atoms with van der Waals surface area (Å²) in [5, 5.41) is 4.02. The van der Waals surface area contributed by atoms with Gasteiger partial charge in [-0.15, -0.1) is 0 Å². The zero-order chi connectivity index (χ0) is 21.3. The summed E-state index contributed by atoms with van der Waals surface area (Å²) in [6.07, 6.45) is 0. The maximum Gasteiger partial charge on any atom is 0.256 e. The van der Waals surface area contributed by atoms with Crippen molar-refractivity contribution in [2.75, 3.05) is 31.6 Å². The number of anilines is 1. The van der Waals surface area contributed by atoms with Crippen LogP contribution in [0.3, 0.4) is 0 Å². The van der Waals surface area contributed by atoms with E-state index in [2.05, 4.69) is 57.1 Å². The monoisotopic (exact) mass is 467 g/mol. The number of rotatable bonds is 7. The molecule has 1 aliphatic rings. The van der Waals surface area contributed by atoms with E-state index in [1.165, 1.54) is 0 Å². The molecule has 0 fully saturated rings. The molecule has 0 bridgehead atoms. The summed E-state index contributed by atoms with van der Waals surface area (Å²) in [4.78, 5) is 18.4. The third-order valence-corrected chi connectivity index (χ3v) is 6.16. The molecule has 30 heavy (non-hydrogen) atoms. The van der Waals surface area contributed by atoms with Crippen LogP contribution < -0.4 is 10.1 Å². The second kappa shape index (κ2) is 8.66. The zero-order valence-electron chi connectivity index (χ0n) is 17.5. The van der Waals surface area contributed by atoms with Crippen LogP contribution in [0.25, 0.3) is 22.0 Å². The second-order valence-electron chi connectivity index (χ2n) is 7.45. The maximum atomic E-state index is 12.6. The number of allylic oxidation sites excluding steroid dienone is 1. The molecular weight excluding hydrogens is 442 g/mol. The van der Waals surface area contributed by atoms with E-state index in [1.807, 2.05) is 37.3 Å². The highest BCUT2D eigenvalue weighted by Gasteiger charge is 2.27. The molecule has 1 aromatic heterocycles. The molecule has 0 atom stereocenters. The first kappa shape index (κ1) is 20.7. The van der Waals surface area contributed by atoms with Crippen LogP contribution in [-0.2, 0) is 4.79 Å². The van der Waals surface area contributed by atoms with Crippen molar-refractivity contribution in [1.29, 1.82) is 0 Å². The molecule has 0 saturated carbocycles. The van der Waals surface area contributed by atoms with Gasteiger partial charge in [0.05, 0.1) is 5.57 Å². The van der Waals surface area contributed by atoms with Crippen molar-refractivity contribution in [3.63, 3.8) is 0 Å². The number of fused-ring (bicyclic) bond motifs is 2. The number of hydrogen-bond donors (Lipinski definition) is 2. The fraction of sp³-hybridized carbons (Fsp3) is 0.292. The summed E-state index contributed by atoms with van der Waals surface area (Å²) in [6.45, 7) is 9.95. The quantitative estimate of drug-likeness (QED) is 0.448. The molecule has 5 nitrogen and oxygen atoms in total. The highest BCUT2D eigenvalue weighted by Crippen LogP contribution is 2.38. The molecule has 3 aromatic rings. The molecule has 1 amide bonds. The van der Waals surface area contributed by atoms with Crippen molar-refractivity contribution in [3.05, 3.63) is 58.2 Å². The van der Waals surface area contributed by atoms with E-state index in [9.17, 15) is 4.79 Å². The third-order valence-electron chi connectivity index (χ3n) is 5.67. The number of carbonyl (C=O) groups is 1. The Hall–Kier alpha value is -2.57. The number of hydrogen-bond acceptors (Lipinski definition) is 3. The first-order valence-corrected chi connectivity index (χ1v) is 11.1. The molecule has 1 aliphatic heterocycles. The first-order valence-electron chi connectivity index (χ1n) is 10.3. The van der Waals surface area contributed by atoms with Gasteiger partial charge in [0.25, 0.3) is 5.91 Å². The Balaban J connectivity index is 1.61. The Bertz CT molecular complexity index is 1130. The largest absolute Gasteiger partial charge is 0.492 e. The highest BCUT2D eigenvalue weighted by molar-refractivity contribution is 9.10. The van der Waals surface area contributed by atoms with Crippen LogP contribution in [0.2, 0.25) is 0 Å². The van der Waals surface area contributed by atoms with Gasteiger partial charge in [-0.05, 0) is 68.1 Å². The Labute approximate surface area is 185 Å². The zero-order valence-corrected chi connectivity index (χ0v) is 19.1. The van der Waals surface area contributed by atoms with E-state index in [1.54, 1.807) is 0 Å². The molecule has 2 N–H and O–H groups in total. The van der Waals surface area contributed by atoms with Crippen LogP contribution in [-0.4, -0.2) is 42.0 Å². The molecule has 0 saturated heterocycles. The Morgan fingerprint density at radius 2 is 1.90 bits per heavy atom. The average Bonchev–Trinajstić information content (AvgIpc) is 3.30. The van der Waals surface area contributed by atoms with Crippen LogP contribution >= 0.6 is 15.9 Å². The minimum absolute atomic E-state index is 0.0697. The maximum absolute atomic E-state index is 12.6. The van der Waals surface area contributed by atoms with Crippen molar-refractivity contribution < 1.29 is 9.53 Å². The van der Waals surface area contributed by atoms with Gasteiger partial charge in [0.15, 0.2) is 0 Å². The van der Waals surface area contributed by atoms with Crippen LogP contribution in [0.5, 0.6) is 5.75 Å². The topological polar surface area (TPSA) is 57.4 Å². The van der Waals surface area contributed by atoms with Gasteiger partial charge in [-0.25, -0.2) is 0 Å². The first-order chi connectivity index (χ1) is 14.5. The summed E-state index contributed by atoms with van der Waals surface area (Å²) in [5.41, 5.74) is 5.35. The molecular formula is C24H26BrN3O2. The molecule has 0 spiro atoms. The predicted molar refractivity (Wildman–Crippen MR) is 127 cm³/mol.